The molecule has 0 spiro atoms. The number of halogens is 1. The van der Waals surface area contributed by atoms with E-state index in [2.05, 4.69) is 10.6 Å². The van der Waals surface area contributed by atoms with Crippen molar-refractivity contribution < 1.29 is 62.4 Å². The molecule has 1 aromatic carbocycles. The Kier molecular flexibility index (Phi) is 17.0. The maximum atomic E-state index is 14.3. The van der Waals surface area contributed by atoms with E-state index < -0.39 is 76.8 Å². The Bertz CT molecular complexity index is 2180. The summed E-state index contributed by atoms with van der Waals surface area (Å²) in [5.74, 6) is -2.17. The molecule has 4 bridgehead atoms. The van der Waals surface area contributed by atoms with Crippen LogP contribution in [-0.4, -0.2) is 151 Å². The first-order valence-electron chi connectivity index (χ1n) is 23.2. The standard InChI is InChI=1S/C48H66ClN5O13S/c1-26-11-10-12-36(64-9)48(62)24-34(65-46(61)51-48)27(2)42-47(4,67-42)37(23-39(56)53(7)32-20-30(19-26)21-33(63-8)41(32)49)66-45(60)28(3)52(6)38(55)17-18-68-35-22-40(57)54(44(35)59)25-29-13-15-31(16-14-29)43(58)50-5/h10-12,20-21,27-29,31,34-37,42,62H,13-19,22-25H2,1-9H3,(H,50,58)(H,51,61)/b12-10+,26-11+/t27-,28+,29?,31?,34+,35?,36-,37+,42+,47+,48+/m1/s1. The molecule has 6 rings (SSSR count). The Labute approximate surface area is 407 Å². The van der Waals surface area contributed by atoms with Gasteiger partial charge in [0.25, 0.3) is 0 Å². The first-order chi connectivity index (χ1) is 32.1. The zero-order valence-electron chi connectivity index (χ0n) is 40.3. The number of methoxy groups -OCH3 is 2. The van der Waals surface area contributed by atoms with Crippen LogP contribution < -0.4 is 20.3 Å². The largest absolute Gasteiger partial charge is 0.495 e. The summed E-state index contributed by atoms with van der Waals surface area (Å²) in [6.45, 7) is 7.19. The number of likely N-dealkylation sites (tertiary alicyclic amines) is 1. The van der Waals surface area contributed by atoms with Crippen LogP contribution in [-0.2, 0) is 54.1 Å². The Morgan fingerprint density at radius 1 is 1.10 bits per heavy atom. The molecule has 20 heteroatoms. The molecule has 6 amide bonds. The van der Waals surface area contributed by atoms with Gasteiger partial charge in [0.1, 0.15) is 40.7 Å². The van der Waals surface area contributed by atoms with Crippen LogP contribution >= 0.6 is 23.4 Å². The Morgan fingerprint density at radius 2 is 1.81 bits per heavy atom. The molecule has 374 valence electrons. The molecule has 1 aliphatic carbocycles. The Morgan fingerprint density at radius 3 is 2.47 bits per heavy atom. The van der Waals surface area contributed by atoms with E-state index in [9.17, 15) is 38.7 Å². The zero-order valence-corrected chi connectivity index (χ0v) is 41.9. The van der Waals surface area contributed by atoms with Crippen molar-refractivity contribution in [2.75, 3.05) is 52.6 Å². The second-order valence-corrected chi connectivity index (χ2v) is 20.6. The van der Waals surface area contributed by atoms with Gasteiger partial charge in [-0.25, -0.2) is 9.59 Å². The van der Waals surface area contributed by atoms with E-state index in [4.69, 9.17) is 35.3 Å². The van der Waals surface area contributed by atoms with E-state index in [-0.39, 0.29) is 66.0 Å². The third-order valence-electron chi connectivity index (χ3n) is 14.3. The number of imide groups is 1. The molecule has 1 aromatic rings. The van der Waals surface area contributed by atoms with Crippen molar-refractivity contribution >= 4 is 70.6 Å². The summed E-state index contributed by atoms with van der Waals surface area (Å²) in [4.78, 5) is 97.2. The number of nitrogens with zero attached hydrogens (tertiary/aromatic N) is 3. The number of alkyl carbamates (subject to hydrolysis) is 1. The molecule has 3 N–H and O–H groups in total. The minimum Gasteiger partial charge on any atom is -0.495 e. The lowest BCUT2D eigenvalue weighted by Crippen LogP contribution is -2.63. The highest BCUT2D eigenvalue weighted by molar-refractivity contribution is 8.00. The molecule has 4 aliphatic heterocycles. The molecule has 1 unspecified atom stereocenters. The van der Waals surface area contributed by atoms with Gasteiger partial charge in [-0.05, 0) is 76.5 Å². The summed E-state index contributed by atoms with van der Waals surface area (Å²) in [6, 6.07) is 2.43. The van der Waals surface area contributed by atoms with Crippen molar-refractivity contribution in [1.82, 2.24) is 20.4 Å². The zero-order chi connectivity index (χ0) is 49.8. The fourth-order valence-electron chi connectivity index (χ4n) is 9.73. The number of epoxide rings is 1. The van der Waals surface area contributed by atoms with Crippen LogP contribution in [0.5, 0.6) is 5.75 Å². The van der Waals surface area contributed by atoms with Crippen LogP contribution in [0.15, 0.2) is 35.9 Å². The van der Waals surface area contributed by atoms with Gasteiger partial charge < -0.3 is 43.9 Å². The molecule has 5 aliphatic rings. The number of hydrogen-bond acceptors (Lipinski definition) is 14. The number of ether oxygens (including phenoxy) is 5. The molecular weight excluding hydrogens is 922 g/mol. The van der Waals surface area contributed by atoms with E-state index in [1.54, 1.807) is 52.2 Å². The number of amides is 6. The minimum atomic E-state index is -1.87. The SMILES string of the molecule is CNC(=O)C1CCC(CN2C(=O)CC(SCCC(=O)N(C)[C@@H](C)C(=O)O[C@H]3CC(=O)N(C)c4cc(cc(OC)c4Cl)C/C(C)=C/C=C/[C@@H](OC)[C@@]4(O)C[C@H](OC(=O)N4)[C@@H](C)[C@@H]4O[C@@]34C)C2=O)CC1. The molecule has 0 aromatic heterocycles. The number of nitrogens with one attached hydrogen (secondary N) is 2. The van der Waals surface area contributed by atoms with E-state index in [1.807, 2.05) is 13.0 Å². The van der Waals surface area contributed by atoms with Gasteiger partial charge in [0, 0.05) is 71.6 Å². The summed E-state index contributed by atoms with van der Waals surface area (Å²) in [5.41, 5.74) is -1.14. The lowest BCUT2D eigenvalue weighted by atomic mass is 9.81. The van der Waals surface area contributed by atoms with Crippen LogP contribution in [0.4, 0.5) is 10.5 Å². The number of allylic oxidation sites excluding steroid dienone is 3. The topological polar surface area (TPSA) is 223 Å². The summed E-state index contributed by atoms with van der Waals surface area (Å²) in [6.07, 6.45) is 3.39. The first kappa shape index (κ1) is 52.7. The highest BCUT2D eigenvalue weighted by Crippen LogP contribution is 2.49. The van der Waals surface area contributed by atoms with Gasteiger partial charge in [0.05, 0.1) is 30.6 Å². The Balaban J connectivity index is 1.15. The van der Waals surface area contributed by atoms with E-state index in [1.165, 1.54) is 54.7 Å². The fraction of sp³-hybridized carbons (Fsp3) is 0.646. The molecular formula is C48H66ClN5O13S. The van der Waals surface area contributed by atoms with Crippen LogP contribution in [0.2, 0.25) is 5.02 Å². The van der Waals surface area contributed by atoms with Gasteiger partial charge in [-0.2, -0.15) is 0 Å². The molecule has 18 nitrogen and oxygen atoms in total. The van der Waals surface area contributed by atoms with Crippen molar-refractivity contribution in [3.63, 3.8) is 0 Å². The summed E-state index contributed by atoms with van der Waals surface area (Å²) >= 11 is 8.03. The van der Waals surface area contributed by atoms with Crippen LogP contribution in [0.3, 0.4) is 0 Å². The van der Waals surface area contributed by atoms with Crippen molar-refractivity contribution in [2.24, 2.45) is 17.8 Å². The van der Waals surface area contributed by atoms with E-state index in [0.29, 0.717) is 37.2 Å². The average Bonchev–Trinajstić information content (AvgIpc) is 3.94. The van der Waals surface area contributed by atoms with Crippen molar-refractivity contribution in [3.8, 4) is 5.75 Å². The number of anilines is 1. The van der Waals surface area contributed by atoms with Crippen LogP contribution in [0.1, 0.15) is 84.6 Å². The van der Waals surface area contributed by atoms with E-state index in [0.717, 1.165) is 24.0 Å². The number of carbonyl (C=O) groups excluding carboxylic acids is 7. The van der Waals surface area contributed by atoms with Crippen molar-refractivity contribution in [1.29, 1.82) is 0 Å². The lowest BCUT2D eigenvalue weighted by molar-refractivity contribution is -0.162. The number of thioether (sulfide) groups is 1. The highest BCUT2D eigenvalue weighted by Gasteiger charge is 2.64. The van der Waals surface area contributed by atoms with Gasteiger partial charge in [-0.3, -0.25) is 34.2 Å². The number of likely N-dealkylation sites (N-methyl/N-ethyl adjacent to an activating group) is 1. The lowest BCUT2D eigenvalue weighted by Gasteiger charge is -2.42. The smallest absolute Gasteiger partial charge is 0.409 e. The molecule has 68 heavy (non-hydrogen) atoms. The maximum absolute atomic E-state index is 14.3. The highest BCUT2D eigenvalue weighted by atomic mass is 35.5. The number of esters is 1. The third kappa shape index (κ3) is 11.7. The number of hydrogen-bond donors (Lipinski definition) is 3. The van der Waals surface area contributed by atoms with E-state index >= 15 is 0 Å². The van der Waals surface area contributed by atoms with Gasteiger partial charge >= 0.3 is 12.1 Å². The van der Waals surface area contributed by atoms with Crippen molar-refractivity contribution in [2.45, 2.75) is 133 Å². The van der Waals surface area contributed by atoms with Crippen LogP contribution in [0.25, 0.3) is 0 Å². The second kappa shape index (κ2) is 21.9. The van der Waals surface area contributed by atoms with Gasteiger partial charge in [-0.15, -0.1) is 11.8 Å². The summed E-state index contributed by atoms with van der Waals surface area (Å²) in [7, 11) is 7.52. The van der Waals surface area contributed by atoms with Gasteiger partial charge in [-0.1, -0.05) is 42.3 Å². The first-order valence-corrected chi connectivity index (χ1v) is 24.6. The number of fused-ring (bicyclic) bond motifs is 5. The predicted molar refractivity (Wildman–Crippen MR) is 253 cm³/mol. The quantitative estimate of drug-likeness (QED) is 0.151. The monoisotopic (exact) mass is 987 g/mol. The number of rotatable bonds is 12. The fourth-order valence-corrected chi connectivity index (χ4v) is 11.1. The van der Waals surface area contributed by atoms with Crippen molar-refractivity contribution in [3.05, 3.63) is 46.5 Å². The summed E-state index contributed by atoms with van der Waals surface area (Å²) in [5, 5.41) is 16.6. The second-order valence-electron chi connectivity index (χ2n) is 18.9. The van der Waals surface area contributed by atoms with Gasteiger partial charge in [0.15, 0.2) is 5.72 Å². The Hall–Kier alpha value is -4.69. The average molecular weight is 989 g/mol. The summed E-state index contributed by atoms with van der Waals surface area (Å²) < 4.78 is 29.4. The predicted octanol–water partition coefficient (Wildman–Crippen LogP) is 4.32. The minimum absolute atomic E-state index is 0.0137. The maximum Gasteiger partial charge on any atom is 0.409 e. The molecule has 4 heterocycles. The third-order valence-corrected chi connectivity index (χ3v) is 15.9. The van der Waals surface area contributed by atoms with Gasteiger partial charge in [0.2, 0.25) is 29.5 Å². The number of aliphatic hydroxyl groups is 1. The number of benzene rings is 1. The number of carbonyl (C=O) groups is 7. The molecule has 0 radical (unpaired) electrons. The van der Waals surface area contributed by atoms with Crippen LogP contribution in [0, 0.1) is 17.8 Å². The molecule has 4 fully saturated rings. The molecule has 9 atom stereocenters. The molecule has 1 saturated carbocycles. The normalized spacial score (nSPS) is 32.7. The molecule has 3 saturated heterocycles.